The molecule has 1 amide bonds. The number of benzene rings is 2. The van der Waals surface area contributed by atoms with Crippen molar-refractivity contribution in [1.29, 1.82) is 0 Å². The smallest absolute Gasteiger partial charge is 0.224 e. The number of aromatic nitrogens is 2. The highest BCUT2D eigenvalue weighted by Gasteiger charge is 2.05. The maximum absolute atomic E-state index is 11.9. The van der Waals surface area contributed by atoms with Crippen LogP contribution in [0.3, 0.4) is 0 Å². The van der Waals surface area contributed by atoms with Crippen LogP contribution in [-0.2, 0) is 11.2 Å². The predicted octanol–water partition coefficient (Wildman–Crippen LogP) is 3.77. The summed E-state index contributed by atoms with van der Waals surface area (Å²) in [5.41, 5.74) is 1.63. The van der Waals surface area contributed by atoms with Gasteiger partial charge in [0.25, 0.3) is 0 Å². The average Bonchev–Trinajstić information content (AvgIpc) is 3.09. The van der Waals surface area contributed by atoms with Gasteiger partial charge in [0, 0.05) is 18.3 Å². The third kappa shape index (κ3) is 4.44. The number of ether oxygens (including phenoxy) is 1. The van der Waals surface area contributed by atoms with Crippen LogP contribution in [0, 0.1) is 0 Å². The molecule has 0 saturated carbocycles. The molecule has 2 aromatic carbocycles. The van der Waals surface area contributed by atoms with Crippen LogP contribution < -0.4 is 10.1 Å². The Kier molecular flexibility index (Phi) is 4.69. The molecular weight excluding hydrogens is 290 g/mol. The number of hydrogen-bond acceptors (Lipinski definition) is 3. The molecule has 0 atom stereocenters. The zero-order valence-electron chi connectivity index (χ0n) is 12.5. The first-order valence-corrected chi connectivity index (χ1v) is 7.40. The Morgan fingerprint density at radius 1 is 1.04 bits per heavy atom. The number of amides is 1. The van der Waals surface area contributed by atoms with Crippen LogP contribution in [0.2, 0.25) is 0 Å². The summed E-state index contributed by atoms with van der Waals surface area (Å²) in [6, 6.07) is 16.9. The molecule has 5 nitrogen and oxygen atoms in total. The number of rotatable bonds is 6. The molecular formula is C18H17N3O2. The number of nitrogens with one attached hydrogen (secondary N) is 2. The van der Waals surface area contributed by atoms with Crippen LogP contribution in [0.1, 0.15) is 12.1 Å². The van der Waals surface area contributed by atoms with Crippen molar-refractivity contribution in [1.82, 2.24) is 9.97 Å². The Bertz CT molecular complexity index is 738. The first-order valence-electron chi connectivity index (χ1n) is 7.40. The van der Waals surface area contributed by atoms with E-state index >= 15 is 0 Å². The second kappa shape index (κ2) is 7.26. The molecule has 0 fully saturated rings. The van der Waals surface area contributed by atoms with E-state index in [1.807, 2.05) is 54.6 Å². The molecule has 3 aromatic rings. The summed E-state index contributed by atoms with van der Waals surface area (Å²) in [7, 11) is 0. The van der Waals surface area contributed by atoms with E-state index in [9.17, 15) is 4.79 Å². The number of aryl methyl sites for hydroxylation is 1. The number of H-pyrrole nitrogens is 1. The van der Waals surface area contributed by atoms with Gasteiger partial charge in [-0.15, -0.1) is 0 Å². The van der Waals surface area contributed by atoms with Gasteiger partial charge in [0.1, 0.15) is 11.5 Å². The van der Waals surface area contributed by atoms with Crippen molar-refractivity contribution < 1.29 is 9.53 Å². The van der Waals surface area contributed by atoms with Crippen LogP contribution >= 0.6 is 0 Å². The number of anilines is 1. The average molecular weight is 307 g/mol. The maximum Gasteiger partial charge on any atom is 0.224 e. The van der Waals surface area contributed by atoms with Gasteiger partial charge in [-0.1, -0.05) is 18.2 Å². The second-order valence-corrected chi connectivity index (χ2v) is 5.05. The van der Waals surface area contributed by atoms with E-state index in [1.54, 1.807) is 12.5 Å². The molecule has 5 heteroatoms. The Morgan fingerprint density at radius 3 is 2.48 bits per heavy atom. The summed E-state index contributed by atoms with van der Waals surface area (Å²) >= 11 is 0. The molecule has 116 valence electrons. The highest BCUT2D eigenvalue weighted by atomic mass is 16.5. The predicted molar refractivity (Wildman–Crippen MR) is 88.5 cm³/mol. The number of para-hydroxylation sites is 1. The van der Waals surface area contributed by atoms with Crippen molar-refractivity contribution in [3.63, 3.8) is 0 Å². The summed E-state index contributed by atoms with van der Waals surface area (Å²) in [6.45, 7) is 0. The van der Waals surface area contributed by atoms with Gasteiger partial charge in [-0.3, -0.25) is 4.79 Å². The summed E-state index contributed by atoms with van der Waals surface area (Å²) in [5, 5.41) is 2.86. The van der Waals surface area contributed by atoms with Gasteiger partial charge < -0.3 is 15.0 Å². The minimum atomic E-state index is -0.0373. The lowest BCUT2D eigenvalue weighted by molar-refractivity contribution is -0.116. The Balaban J connectivity index is 1.51. The molecule has 2 N–H and O–H groups in total. The van der Waals surface area contributed by atoms with Crippen LogP contribution in [0.4, 0.5) is 5.69 Å². The molecule has 0 spiro atoms. The van der Waals surface area contributed by atoms with Crippen molar-refractivity contribution in [2.24, 2.45) is 0 Å². The third-order valence-electron chi connectivity index (χ3n) is 3.28. The lowest BCUT2D eigenvalue weighted by Crippen LogP contribution is -2.12. The number of nitrogens with zero attached hydrogens (tertiary/aromatic N) is 1. The number of imidazole rings is 1. The van der Waals surface area contributed by atoms with Crippen molar-refractivity contribution >= 4 is 11.6 Å². The molecule has 0 bridgehead atoms. The van der Waals surface area contributed by atoms with Crippen molar-refractivity contribution in [2.45, 2.75) is 12.8 Å². The van der Waals surface area contributed by atoms with Crippen molar-refractivity contribution in [3.05, 3.63) is 72.8 Å². The van der Waals surface area contributed by atoms with Crippen LogP contribution in [-0.4, -0.2) is 15.9 Å². The lowest BCUT2D eigenvalue weighted by Gasteiger charge is -2.08. The summed E-state index contributed by atoms with van der Waals surface area (Å²) in [5.74, 6) is 1.47. The summed E-state index contributed by atoms with van der Waals surface area (Å²) < 4.78 is 5.71. The zero-order chi connectivity index (χ0) is 15.9. The fourth-order valence-corrected chi connectivity index (χ4v) is 2.12. The van der Waals surface area contributed by atoms with E-state index in [1.165, 1.54) is 0 Å². The van der Waals surface area contributed by atoms with Gasteiger partial charge in [0.2, 0.25) is 5.91 Å². The number of carbonyl (C=O) groups is 1. The van der Waals surface area contributed by atoms with E-state index in [4.69, 9.17) is 4.74 Å². The quantitative estimate of drug-likeness (QED) is 0.728. The van der Waals surface area contributed by atoms with E-state index < -0.39 is 0 Å². The maximum atomic E-state index is 11.9. The number of carbonyl (C=O) groups excluding carboxylic acids is 1. The minimum absolute atomic E-state index is 0.0373. The van der Waals surface area contributed by atoms with Crippen LogP contribution in [0.25, 0.3) is 0 Å². The first-order chi connectivity index (χ1) is 11.3. The van der Waals surface area contributed by atoms with E-state index in [0.717, 1.165) is 22.9 Å². The van der Waals surface area contributed by atoms with Crippen molar-refractivity contribution in [3.8, 4) is 11.5 Å². The van der Waals surface area contributed by atoms with Gasteiger partial charge in [0.15, 0.2) is 0 Å². The molecule has 23 heavy (non-hydrogen) atoms. The molecule has 1 heterocycles. The Morgan fingerprint density at radius 2 is 1.78 bits per heavy atom. The van der Waals surface area contributed by atoms with Crippen molar-refractivity contribution in [2.75, 3.05) is 5.32 Å². The fourth-order valence-electron chi connectivity index (χ4n) is 2.12. The monoisotopic (exact) mass is 307 g/mol. The molecule has 0 saturated heterocycles. The van der Waals surface area contributed by atoms with Gasteiger partial charge in [0.05, 0.1) is 12.0 Å². The molecule has 0 radical (unpaired) electrons. The second-order valence-electron chi connectivity index (χ2n) is 5.05. The molecule has 3 rings (SSSR count). The molecule has 0 aliphatic rings. The summed E-state index contributed by atoms with van der Waals surface area (Å²) in [6.07, 6.45) is 4.42. The molecule has 0 aliphatic heterocycles. The third-order valence-corrected chi connectivity index (χ3v) is 3.28. The number of hydrogen-bond donors (Lipinski definition) is 2. The van der Waals surface area contributed by atoms with Gasteiger partial charge >= 0.3 is 0 Å². The van der Waals surface area contributed by atoms with Crippen LogP contribution in [0.5, 0.6) is 11.5 Å². The van der Waals surface area contributed by atoms with Crippen LogP contribution in [0.15, 0.2) is 67.1 Å². The normalized spacial score (nSPS) is 10.3. The largest absolute Gasteiger partial charge is 0.457 e. The standard InChI is InChI=1S/C18H17N3O2/c22-18(11-8-15-12-19-13-20-15)21-14-6-9-17(10-7-14)23-16-4-2-1-3-5-16/h1-7,9-10,12-13H,8,11H2,(H,19,20)(H,21,22). The highest BCUT2D eigenvalue weighted by Crippen LogP contribution is 2.22. The fraction of sp³-hybridized carbons (Fsp3) is 0.111. The Labute approximate surface area is 134 Å². The van der Waals surface area contributed by atoms with E-state index in [0.29, 0.717) is 12.8 Å². The highest BCUT2D eigenvalue weighted by molar-refractivity contribution is 5.90. The van der Waals surface area contributed by atoms with E-state index in [2.05, 4.69) is 15.3 Å². The molecule has 0 unspecified atom stereocenters. The first kappa shape index (κ1) is 14.8. The zero-order valence-corrected chi connectivity index (χ0v) is 12.5. The van der Waals surface area contributed by atoms with Gasteiger partial charge in [-0.25, -0.2) is 4.98 Å². The molecule has 0 aliphatic carbocycles. The lowest BCUT2D eigenvalue weighted by atomic mass is 10.2. The van der Waals surface area contributed by atoms with Gasteiger partial charge in [-0.2, -0.15) is 0 Å². The SMILES string of the molecule is O=C(CCc1c[nH]cn1)Nc1ccc(Oc2ccccc2)cc1. The molecule has 1 aromatic heterocycles. The summed E-state index contributed by atoms with van der Waals surface area (Å²) in [4.78, 5) is 18.9. The van der Waals surface area contributed by atoms with E-state index in [-0.39, 0.29) is 5.91 Å². The minimum Gasteiger partial charge on any atom is -0.457 e. The number of aromatic amines is 1. The topological polar surface area (TPSA) is 67.0 Å². The Hall–Kier alpha value is -3.08. The van der Waals surface area contributed by atoms with Gasteiger partial charge in [-0.05, 0) is 42.8 Å².